The van der Waals surface area contributed by atoms with Crippen molar-refractivity contribution in [3.05, 3.63) is 39.7 Å². The molecule has 6 heterocycles. The van der Waals surface area contributed by atoms with Crippen molar-refractivity contribution in [2.75, 3.05) is 43.9 Å². The molecule has 4 aliphatic rings. The van der Waals surface area contributed by atoms with Crippen LogP contribution in [0.1, 0.15) is 43.7 Å². The first-order valence-corrected chi connectivity index (χ1v) is 16.1. The number of alkyl halides is 2. The van der Waals surface area contributed by atoms with Crippen LogP contribution in [0.4, 0.5) is 28.4 Å². The molecular formula is C31H30F4N8O2S. The number of hydrogen-bond donors (Lipinski definition) is 2. The van der Waals surface area contributed by atoms with E-state index in [4.69, 9.17) is 10.5 Å². The Balaban J connectivity index is 1.35. The molecule has 3 atom stereocenters. The van der Waals surface area contributed by atoms with Crippen LogP contribution in [0.15, 0.2) is 16.9 Å². The second-order valence-corrected chi connectivity index (χ2v) is 13.9. The van der Waals surface area contributed by atoms with E-state index >= 15 is 4.39 Å². The quantitative estimate of drug-likeness (QED) is 0.291. The van der Waals surface area contributed by atoms with Crippen LogP contribution >= 0.6 is 11.3 Å². The van der Waals surface area contributed by atoms with Gasteiger partial charge in [0.15, 0.2) is 5.82 Å². The summed E-state index contributed by atoms with van der Waals surface area (Å²) in [5.41, 5.74) is 5.33. The van der Waals surface area contributed by atoms with E-state index in [0.717, 1.165) is 24.2 Å². The van der Waals surface area contributed by atoms with Gasteiger partial charge in [-0.3, -0.25) is 9.69 Å². The van der Waals surface area contributed by atoms with Gasteiger partial charge in [-0.25, -0.2) is 17.6 Å². The Morgan fingerprint density at radius 3 is 2.54 bits per heavy atom. The van der Waals surface area contributed by atoms with Gasteiger partial charge in [0.25, 0.3) is 11.5 Å². The largest absolute Gasteiger partial charge is 0.462 e. The average Bonchev–Trinajstić information content (AvgIpc) is 3.64. The maximum Gasteiger partial charge on any atom is 0.319 e. The van der Waals surface area contributed by atoms with Gasteiger partial charge in [0.2, 0.25) is 0 Å². The molecule has 0 amide bonds. The van der Waals surface area contributed by atoms with E-state index in [0.29, 0.717) is 25.9 Å². The Hall–Kier alpha value is -4.00. The number of nitrogen functional groups attached to an aromatic ring is 1. The topological polar surface area (TPSA) is 125 Å². The van der Waals surface area contributed by atoms with Crippen LogP contribution < -0.4 is 26.2 Å². The summed E-state index contributed by atoms with van der Waals surface area (Å²) < 4.78 is 67.7. The van der Waals surface area contributed by atoms with Crippen molar-refractivity contribution in [1.82, 2.24) is 24.8 Å². The summed E-state index contributed by atoms with van der Waals surface area (Å²) >= 11 is 0.886. The summed E-state index contributed by atoms with van der Waals surface area (Å²) in [7, 11) is 1.58. The highest BCUT2D eigenvalue weighted by Crippen LogP contribution is 2.46. The molecule has 3 N–H and O–H groups in total. The number of pyridine rings is 1. The molecule has 15 heteroatoms. The predicted octanol–water partition coefficient (Wildman–Crippen LogP) is 4.40. The molecule has 46 heavy (non-hydrogen) atoms. The molecule has 2 bridgehead atoms. The molecule has 10 nitrogen and oxygen atoms in total. The van der Waals surface area contributed by atoms with E-state index in [1.807, 2.05) is 11.0 Å². The molecule has 1 saturated carbocycles. The minimum absolute atomic E-state index is 0.00460. The minimum Gasteiger partial charge on any atom is -0.462 e. The van der Waals surface area contributed by atoms with Crippen molar-refractivity contribution < 1.29 is 22.3 Å². The fourth-order valence-corrected chi connectivity index (χ4v) is 8.28. The Labute approximate surface area is 264 Å². The Bertz CT molecular complexity index is 2010. The third kappa shape index (κ3) is 4.68. The number of thiophene rings is 1. The monoisotopic (exact) mass is 654 g/mol. The van der Waals surface area contributed by atoms with Crippen LogP contribution in [-0.4, -0.2) is 76.8 Å². The third-order valence-corrected chi connectivity index (χ3v) is 10.6. The Morgan fingerprint density at radius 1 is 1.15 bits per heavy atom. The van der Waals surface area contributed by atoms with Crippen molar-refractivity contribution in [3.63, 3.8) is 0 Å². The van der Waals surface area contributed by atoms with Gasteiger partial charge in [0, 0.05) is 54.6 Å². The first-order chi connectivity index (χ1) is 22.0. The highest BCUT2D eigenvalue weighted by molar-refractivity contribution is 7.23. The number of halogens is 4. The minimum atomic E-state index is -2.86. The molecule has 0 radical (unpaired) electrons. The lowest BCUT2D eigenvalue weighted by Gasteiger charge is -2.34. The maximum atomic E-state index is 17.2. The molecule has 3 aromatic heterocycles. The number of nitrogens with two attached hydrogens (primary N) is 1. The second kappa shape index (κ2) is 10.5. The molecule has 3 saturated heterocycles. The van der Waals surface area contributed by atoms with E-state index in [1.165, 1.54) is 21.6 Å². The normalized spacial score (nSPS) is 24.3. The van der Waals surface area contributed by atoms with Crippen molar-refractivity contribution in [2.24, 2.45) is 0 Å². The van der Waals surface area contributed by atoms with E-state index in [-0.39, 0.29) is 79.4 Å². The van der Waals surface area contributed by atoms with Gasteiger partial charge < -0.3 is 25.3 Å². The van der Waals surface area contributed by atoms with Crippen molar-refractivity contribution in [1.29, 1.82) is 5.26 Å². The molecule has 4 fully saturated rings. The van der Waals surface area contributed by atoms with Gasteiger partial charge in [-0.2, -0.15) is 15.2 Å². The number of nitriles is 1. The summed E-state index contributed by atoms with van der Waals surface area (Å²) in [5.74, 6) is -4.09. The number of hydrogen-bond acceptors (Lipinski definition) is 10. The number of rotatable bonds is 6. The van der Waals surface area contributed by atoms with E-state index in [9.17, 15) is 23.2 Å². The number of aromatic nitrogens is 3. The van der Waals surface area contributed by atoms with Crippen molar-refractivity contribution in [2.45, 2.75) is 62.2 Å². The Morgan fingerprint density at radius 2 is 1.89 bits per heavy atom. The van der Waals surface area contributed by atoms with Gasteiger partial charge in [-0.1, -0.05) is 0 Å². The van der Waals surface area contributed by atoms with Crippen molar-refractivity contribution >= 4 is 43.1 Å². The summed E-state index contributed by atoms with van der Waals surface area (Å²) in [5, 5.41) is 13.7. The molecule has 1 aliphatic carbocycles. The molecule has 4 aromatic rings. The Kier molecular flexibility index (Phi) is 6.72. The van der Waals surface area contributed by atoms with E-state index in [1.54, 1.807) is 7.05 Å². The first kappa shape index (κ1) is 29.4. The number of piperazine rings is 1. The second-order valence-electron chi connectivity index (χ2n) is 12.9. The highest BCUT2D eigenvalue weighted by atomic mass is 32.1. The number of fused-ring (bicyclic) bond motifs is 4. The number of likely N-dealkylation sites (tertiary alicyclic amines) is 1. The molecule has 1 aromatic carbocycles. The lowest BCUT2D eigenvalue weighted by molar-refractivity contribution is 0.0136. The maximum absolute atomic E-state index is 17.2. The standard InChI is InChI=1S/C31H30F4N8O2S/c1-41-13-31(34,35)8-17(41)12-45-30-39-24-22(28(40-30)42-10-14-2-3-15(11-42)38-14)29(44)43(16-4-5-16)25(23(24)33)18-6-7-20(32)26-21(18)19(9-36)27(37)46-26/h6-7,14-17,38H,2-5,8,10-13,37H2,1H3/t14?,15?,17-/m0/s1. The smallest absolute Gasteiger partial charge is 0.319 e. The summed E-state index contributed by atoms with van der Waals surface area (Å²) in [4.78, 5) is 27.0. The van der Waals surface area contributed by atoms with Gasteiger partial charge >= 0.3 is 6.01 Å². The number of likely N-dealkylation sites (N-methyl/N-ethyl adjacent to an activating group) is 1. The number of anilines is 2. The SMILES string of the molecule is CN1CC(F)(F)C[C@H]1COc1nc(N2CC3CCC(C2)N3)c2c(=O)n(C3CC3)c(-c3ccc(F)c4sc(N)c(C#N)c34)c(F)c2n1. The molecule has 3 aliphatic heterocycles. The number of ether oxygens (including phenoxy) is 1. The average molecular weight is 655 g/mol. The molecule has 0 spiro atoms. The first-order valence-electron chi connectivity index (χ1n) is 15.3. The van der Waals surface area contributed by atoms with Crippen LogP contribution in [-0.2, 0) is 0 Å². The molecule has 8 rings (SSSR count). The van der Waals surface area contributed by atoms with Gasteiger partial charge in [0.05, 0.1) is 22.5 Å². The van der Waals surface area contributed by atoms with Gasteiger partial charge in [-0.05, 0) is 44.9 Å². The van der Waals surface area contributed by atoms with Crippen LogP contribution in [0, 0.1) is 23.0 Å². The number of nitrogens with one attached hydrogen (secondary N) is 1. The number of nitrogens with zero attached hydrogens (tertiary/aromatic N) is 6. The summed E-state index contributed by atoms with van der Waals surface area (Å²) in [6.45, 7) is 0.501. The predicted molar refractivity (Wildman–Crippen MR) is 166 cm³/mol. The van der Waals surface area contributed by atoms with Gasteiger partial charge in [-0.15, -0.1) is 11.3 Å². The lowest BCUT2D eigenvalue weighted by Crippen LogP contribution is -2.51. The zero-order chi connectivity index (χ0) is 32.1. The number of benzene rings is 1. The summed E-state index contributed by atoms with van der Waals surface area (Å²) in [6.07, 6.45) is 2.76. The highest BCUT2D eigenvalue weighted by Gasteiger charge is 2.44. The molecular weight excluding hydrogens is 624 g/mol. The summed E-state index contributed by atoms with van der Waals surface area (Å²) in [6, 6.07) is 3.71. The van der Waals surface area contributed by atoms with Crippen LogP contribution in [0.3, 0.4) is 0 Å². The lowest BCUT2D eigenvalue weighted by atomic mass is 10.0. The fourth-order valence-electron chi connectivity index (χ4n) is 7.33. The van der Waals surface area contributed by atoms with Gasteiger partial charge in [0.1, 0.15) is 40.2 Å². The zero-order valence-electron chi connectivity index (χ0n) is 24.8. The van der Waals surface area contributed by atoms with Crippen LogP contribution in [0.25, 0.3) is 32.2 Å². The molecule has 240 valence electrons. The van der Waals surface area contributed by atoms with Crippen LogP contribution in [0.2, 0.25) is 0 Å². The zero-order valence-corrected chi connectivity index (χ0v) is 25.6. The van der Waals surface area contributed by atoms with E-state index < -0.39 is 42.1 Å². The fraction of sp³-hybridized carbons (Fsp3) is 0.484. The molecule has 2 unspecified atom stereocenters. The third-order valence-electron chi connectivity index (χ3n) is 9.62. The van der Waals surface area contributed by atoms with Crippen LogP contribution in [0.5, 0.6) is 6.01 Å². The van der Waals surface area contributed by atoms with Crippen molar-refractivity contribution in [3.8, 4) is 23.3 Å². The van der Waals surface area contributed by atoms with E-state index in [2.05, 4.69) is 15.3 Å².